The van der Waals surface area contributed by atoms with E-state index in [0.29, 0.717) is 30.0 Å². The lowest BCUT2D eigenvalue weighted by atomic mass is 9.34. The molecule has 14 atom stereocenters. The number of allylic oxidation sites excluding steroid dienone is 2. The van der Waals surface area contributed by atoms with Gasteiger partial charge in [-0.15, -0.1) is 0 Å². The highest BCUT2D eigenvalue weighted by Gasteiger charge is 2.71. The summed E-state index contributed by atoms with van der Waals surface area (Å²) < 4.78 is 25.3. The molecule has 0 radical (unpaired) electrons. The average molecular weight is 699 g/mol. The smallest absolute Gasteiger partial charge is 0.303 e. The SMILES string of the molecule is CC(=O)OCC1O[C@@H](O[C@@](C)(CCC=C(C)C)C2CC[C@]3(C)C2C(=O)CC2[C@@]4(C)CC[C@H](C)C(C)(C)C4CC[C@]23C)C(OC(C)=O)[C@@H](C)[C@@H]1C. The van der Waals surface area contributed by atoms with Crippen molar-refractivity contribution in [2.75, 3.05) is 6.61 Å². The van der Waals surface area contributed by atoms with Gasteiger partial charge >= 0.3 is 11.9 Å². The van der Waals surface area contributed by atoms with E-state index in [1.807, 2.05) is 6.92 Å². The average Bonchev–Trinajstić information content (AvgIpc) is 3.40. The van der Waals surface area contributed by atoms with E-state index in [9.17, 15) is 14.4 Å². The van der Waals surface area contributed by atoms with Crippen LogP contribution in [0.1, 0.15) is 148 Å². The van der Waals surface area contributed by atoms with Crippen molar-refractivity contribution in [3.05, 3.63) is 11.6 Å². The van der Waals surface area contributed by atoms with Crippen LogP contribution in [0.2, 0.25) is 0 Å². The molecule has 7 nitrogen and oxygen atoms in total. The Hall–Kier alpha value is -1.73. The van der Waals surface area contributed by atoms with Crippen molar-refractivity contribution in [3.8, 4) is 0 Å². The van der Waals surface area contributed by atoms with E-state index >= 15 is 0 Å². The largest absolute Gasteiger partial charge is 0.463 e. The molecule has 5 aliphatic rings. The van der Waals surface area contributed by atoms with Crippen LogP contribution in [0.3, 0.4) is 0 Å². The molecule has 1 saturated heterocycles. The fraction of sp³-hybridized carbons (Fsp3) is 0.884. The van der Waals surface area contributed by atoms with E-state index in [1.54, 1.807) is 0 Å². The fourth-order valence-electron chi connectivity index (χ4n) is 12.6. The van der Waals surface area contributed by atoms with Gasteiger partial charge in [0.15, 0.2) is 12.4 Å². The minimum atomic E-state index is -0.850. The highest BCUT2D eigenvalue weighted by Crippen LogP contribution is 2.75. The molecular formula is C43H70O7. The number of hydrogen-bond donors (Lipinski definition) is 0. The topological polar surface area (TPSA) is 88.1 Å². The Labute approximate surface area is 303 Å². The van der Waals surface area contributed by atoms with Gasteiger partial charge in [0, 0.05) is 32.1 Å². The van der Waals surface area contributed by atoms with Gasteiger partial charge in [0.05, 0.1) is 11.7 Å². The number of ether oxygens (including phenoxy) is 4. The second-order valence-electron chi connectivity index (χ2n) is 19.4. The number of rotatable bonds is 9. The molecule has 284 valence electrons. The molecule has 50 heavy (non-hydrogen) atoms. The van der Waals surface area contributed by atoms with Gasteiger partial charge in [-0.3, -0.25) is 14.4 Å². The van der Waals surface area contributed by atoms with Crippen molar-refractivity contribution < 1.29 is 33.3 Å². The van der Waals surface area contributed by atoms with Crippen LogP contribution in [0.15, 0.2) is 11.6 Å². The van der Waals surface area contributed by atoms with Crippen LogP contribution in [0, 0.1) is 63.1 Å². The van der Waals surface area contributed by atoms with Gasteiger partial charge in [-0.2, -0.15) is 0 Å². The number of esters is 2. The Morgan fingerprint density at radius 3 is 2.16 bits per heavy atom. The molecule has 6 unspecified atom stereocenters. The minimum absolute atomic E-state index is 0.000148. The number of fused-ring (bicyclic) bond motifs is 5. The van der Waals surface area contributed by atoms with E-state index < -0.39 is 24.1 Å². The number of hydrogen-bond acceptors (Lipinski definition) is 7. The van der Waals surface area contributed by atoms with Gasteiger partial charge in [-0.1, -0.05) is 67.0 Å². The van der Waals surface area contributed by atoms with Crippen LogP contribution in [0.25, 0.3) is 0 Å². The Bertz CT molecular complexity index is 1330. The summed E-state index contributed by atoms with van der Waals surface area (Å²) in [6, 6.07) is 0. The number of Topliss-reactive ketones (excluding diaryl/α,β-unsaturated/α-hetero) is 1. The predicted octanol–water partition coefficient (Wildman–Crippen LogP) is 9.50. The van der Waals surface area contributed by atoms with Crippen LogP contribution < -0.4 is 0 Å². The third-order valence-corrected chi connectivity index (χ3v) is 16.3. The summed E-state index contributed by atoms with van der Waals surface area (Å²) in [5, 5.41) is 0. The first-order valence-electron chi connectivity index (χ1n) is 19.9. The molecule has 0 amide bonds. The van der Waals surface area contributed by atoms with Gasteiger partial charge in [0.25, 0.3) is 0 Å². The van der Waals surface area contributed by atoms with Crippen molar-refractivity contribution >= 4 is 17.7 Å². The van der Waals surface area contributed by atoms with Crippen LogP contribution in [0.4, 0.5) is 0 Å². The molecule has 4 aliphatic carbocycles. The van der Waals surface area contributed by atoms with Crippen molar-refractivity contribution in [3.63, 3.8) is 0 Å². The lowest BCUT2D eigenvalue weighted by Crippen LogP contribution is -2.65. The maximum Gasteiger partial charge on any atom is 0.303 e. The summed E-state index contributed by atoms with van der Waals surface area (Å²) in [5.41, 5.74) is 0.881. The highest BCUT2D eigenvalue weighted by atomic mass is 16.7. The maximum atomic E-state index is 14.9. The molecule has 0 aromatic heterocycles. The molecule has 7 heteroatoms. The Kier molecular flexibility index (Phi) is 11.0. The second kappa shape index (κ2) is 13.9. The van der Waals surface area contributed by atoms with Gasteiger partial charge in [-0.05, 0) is 123 Å². The van der Waals surface area contributed by atoms with E-state index in [2.05, 4.69) is 75.3 Å². The third-order valence-electron chi connectivity index (χ3n) is 16.3. The van der Waals surface area contributed by atoms with E-state index in [0.717, 1.165) is 25.7 Å². The number of ketones is 1. The fourth-order valence-corrected chi connectivity index (χ4v) is 12.6. The predicted molar refractivity (Wildman–Crippen MR) is 196 cm³/mol. The minimum Gasteiger partial charge on any atom is -0.463 e. The van der Waals surface area contributed by atoms with Crippen molar-refractivity contribution in [2.24, 2.45) is 63.1 Å². The van der Waals surface area contributed by atoms with Crippen molar-refractivity contribution in [2.45, 2.75) is 172 Å². The normalized spacial score (nSPS) is 44.9. The maximum absolute atomic E-state index is 14.9. The molecular weight excluding hydrogens is 628 g/mol. The van der Waals surface area contributed by atoms with Crippen LogP contribution in [0.5, 0.6) is 0 Å². The molecule has 5 rings (SSSR count). The molecule has 1 heterocycles. The zero-order valence-corrected chi connectivity index (χ0v) is 33.8. The van der Waals surface area contributed by atoms with Crippen LogP contribution >= 0.6 is 0 Å². The molecule has 0 spiro atoms. The summed E-state index contributed by atoms with van der Waals surface area (Å²) in [5.74, 6) is 1.14. The number of carbonyl (C=O) groups is 3. The van der Waals surface area contributed by atoms with Gasteiger partial charge in [0.2, 0.25) is 0 Å². The lowest BCUT2D eigenvalue weighted by Gasteiger charge is -2.69. The molecule has 4 saturated carbocycles. The van der Waals surface area contributed by atoms with Gasteiger partial charge in [-0.25, -0.2) is 0 Å². The van der Waals surface area contributed by atoms with E-state index in [1.165, 1.54) is 45.1 Å². The standard InChI is InChI=1S/C43H70O7/c1-25(2)15-14-19-43(13,50-38-37(48-30(7)45)28(5)27(4)33(49-38)24-47-29(6)44)31-17-21-42(12)36(31)32(46)23-35-40(10)20-16-26(3)39(8,9)34(40)18-22-41(35,42)11/h15,26-28,31,33-38H,14,16-24H2,1-13H3/t26-,27-,28-,31?,33?,34?,35?,36?,37?,38-,40-,41+,42+,43-/m0/s1. The third kappa shape index (κ3) is 6.56. The van der Waals surface area contributed by atoms with E-state index in [-0.39, 0.29) is 63.9 Å². The first kappa shape index (κ1) is 39.5. The van der Waals surface area contributed by atoms with Gasteiger partial charge in [0.1, 0.15) is 12.4 Å². The lowest BCUT2D eigenvalue weighted by molar-refractivity contribution is -0.318. The molecule has 0 bridgehead atoms. The molecule has 0 aromatic rings. The summed E-state index contributed by atoms with van der Waals surface area (Å²) in [6.45, 7) is 28.4. The van der Waals surface area contributed by atoms with Crippen molar-refractivity contribution in [1.29, 1.82) is 0 Å². The molecule has 0 aromatic carbocycles. The quantitative estimate of drug-likeness (QED) is 0.175. The number of carbonyl (C=O) groups excluding carboxylic acids is 3. The zero-order valence-electron chi connectivity index (χ0n) is 33.8. The van der Waals surface area contributed by atoms with Crippen LogP contribution in [-0.4, -0.2) is 48.4 Å². The first-order chi connectivity index (χ1) is 23.1. The molecule has 1 aliphatic heterocycles. The van der Waals surface area contributed by atoms with Crippen LogP contribution in [-0.2, 0) is 33.3 Å². The summed E-state index contributed by atoms with van der Waals surface area (Å²) >= 11 is 0. The Balaban J connectivity index is 1.51. The summed E-state index contributed by atoms with van der Waals surface area (Å²) in [6.07, 6.45) is 9.34. The van der Waals surface area contributed by atoms with Crippen molar-refractivity contribution in [1.82, 2.24) is 0 Å². The summed E-state index contributed by atoms with van der Waals surface area (Å²) in [4.78, 5) is 39.2. The first-order valence-corrected chi connectivity index (χ1v) is 19.9. The second-order valence-corrected chi connectivity index (χ2v) is 19.4. The Morgan fingerprint density at radius 1 is 0.880 bits per heavy atom. The molecule has 0 N–H and O–H groups in total. The summed E-state index contributed by atoms with van der Waals surface area (Å²) in [7, 11) is 0. The highest BCUT2D eigenvalue weighted by molar-refractivity contribution is 5.84. The zero-order chi connectivity index (χ0) is 37.2. The monoisotopic (exact) mass is 699 g/mol. The van der Waals surface area contributed by atoms with Gasteiger partial charge < -0.3 is 18.9 Å². The molecule has 5 fully saturated rings. The Morgan fingerprint density at radius 2 is 1.54 bits per heavy atom. The van der Waals surface area contributed by atoms with E-state index in [4.69, 9.17) is 18.9 Å².